The first kappa shape index (κ1) is 23.8. The maximum Gasteiger partial charge on any atom is 0.303 e. The molecule has 174 valence electrons. The summed E-state index contributed by atoms with van der Waals surface area (Å²) in [6.45, 7) is 7.54. The third kappa shape index (κ3) is 4.80. The number of carbonyl (C=O) groups excluding carboxylic acids is 1. The van der Waals surface area contributed by atoms with Crippen LogP contribution in [-0.4, -0.2) is 57.2 Å². The van der Waals surface area contributed by atoms with Crippen LogP contribution in [0.5, 0.6) is 0 Å². The van der Waals surface area contributed by atoms with Gasteiger partial charge in [-0.3, -0.25) is 14.4 Å². The maximum atomic E-state index is 11.8. The first-order valence-electron chi connectivity index (χ1n) is 11.0. The number of aromatic nitrogens is 1. The molecule has 1 aliphatic heterocycles. The molecule has 0 bridgehead atoms. The molecule has 2 heterocycles. The molecular weight excluding hydrogens is 410 g/mol. The molecular formula is C24H33N3O5. The normalized spacial score (nSPS) is 22.6. The Morgan fingerprint density at radius 2 is 1.75 bits per heavy atom. The zero-order chi connectivity index (χ0) is 23.8. The van der Waals surface area contributed by atoms with Crippen LogP contribution in [0.1, 0.15) is 57.1 Å². The number of carboxylic acid groups (broad SMARTS) is 2. The minimum absolute atomic E-state index is 0.0437. The summed E-state index contributed by atoms with van der Waals surface area (Å²) in [5.41, 5.74) is 9.86. The van der Waals surface area contributed by atoms with Crippen molar-refractivity contribution in [3.05, 3.63) is 35.5 Å². The Kier molecular flexibility index (Phi) is 6.64. The fourth-order valence-electron chi connectivity index (χ4n) is 5.02. The molecule has 1 amide bonds. The fourth-order valence-corrected chi connectivity index (χ4v) is 5.02. The van der Waals surface area contributed by atoms with E-state index in [4.69, 9.17) is 15.9 Å². The van der Waals surface area contributed by atoms with Crippen LogP contribution in [0.2, 0.25) is 0 Å². The number of primary amides is 1. The Morgan fingerprint density at radius 1 is 1.12 bits per heavy atom. The lowest BCUT2D eigenvalue weighted by molar-refractivity contribution is -0.143. The highest BCUT2D eigenvalue weighted by atomic mass is 16.4. The van der Waals surface area contributed by atoms with Crippen molar-refractivity contribution in [2.75, 3.05) is 13.6 Å². The SMILES string of the molecule is CN1CC(C(N)=O)C[C@@H]2c3cccc4c3c(cn4C(C)(C)C)C[C@H]21.O=C(O)CCC(=O)O. The first-order valence-corrected chi connectivity index (χ1v) is 11.0. The van der Waals surface area contributed by atoms with Gasteiger partial charge in [-0.1, -0.05) is 12.1 Å². The predicted molar refractivity (Wildman–Crippen MR) is 122 cm³/mol. The molecule has 1 saturated heterocycles. The number of likely N-dealkylation sites (N-methyl/N-ethyl adjacent to an activating group) is 1. The zero-order valence-electron chi connectivity index (χ0n) is 19.2. The largest absolute Gasteiger partial charge is 0.481 e. The molecule has 0 radical (unpaired) electrons. The molecule has 1 aliphatic carbocycles. The molecule has 1 fully saturated rings. The van der Waals surface area contributed by atoms with Crippen molar-refractivity contribution in [3.8, 4) is 0 Å². The topological polar surface area (TPSA) is 126 Å². The van der Waals surface area contributed by atoms with Crippen LogP contribution >= 0.6 is 0 Å². The van der Waals surface area contributed by atoms with Gasteiger partial charge in [0.2, 0.25) is 5.91 Å². The first-order chi connectivity index (χ1) is 14.9. The summed E-state index contributed by atoms with van der Waals surface area (Å²) >= 11 is 0. The van der Waals surface area contributed by atoms with Crippen LogP contribution < -0.4 is 5.73 Å². The summed E-state index contributed by atoms with van der Waals surface area (Å²) in [6.07, 6.45) is 3.69. The van der Waals surface area contributed by atoms with Gasteiger partial charge >= 0.3 is 11.9 Å². The lowest BCUT2D eigenvalue weighted by atomic mass is 9.72. The second-order valence-corrected chi connectivity index (χ2v) is 9.88. The van der Waals surface area contributed by atoms with Crippen LogP contribution in [-0.2, 0) is 26.3 Å². The van der Waals surface area contributed by atoms with E-state index in [1.807, 2.05) is 0 Å². The Bertz CT molecular complexity index is 1020. The van der Waals surface area contributed by atoms with Gasteiger partial charge in [-0.2, -0.15) is 0 Å². The lowest BCUT2D eigenvalue weighted by Crippen LogP contribution is -2.50. The maximum absolute atomic E-state index is 11.8. The molecule has 2 aromatic rings. The van der Waals surface area contributed by atoms with E-state index in [1.165, 1.54) is 22.0 Å². The van der Waals surface area contributed by atoms with Crippen molar-refractivity contribution in [1.29, 1.82) is 0 Å². The Labute approximate surface area is 188 Å². The van der Waals surface area contributed by atoms with Crippen molar-refractivity contribution < 1.29 is 24.6 Å². The van der Waals surface area contributed by atoms with Gasteiger partial charge in [0.05, 0.1) is 18.8 Å². The van der Waals surface area contributed by atoms with Gasteiger partial charge in [0.25, 0.3) is 0 Å². The van der Waals surface area contributed by atoms with Crippen molar-refractivity contribution in [3.63, 3.8) is 0 Å². The molecule has 0 spiro atoms. The predicted octanol–water partition coefficient (Wildman–Crippen LogP) is 2.78. The monoisotopic (exact) mass is 443 g/mol. The molecule has 4 N–H and O–H groups in total. The molecule has 8 heteroatoms. The van der Waals surface area contributed by atoms with Crippen molar-refractivity contribution in [2.45, 2.75) is 64.0 Å². The third-order valence-electron chi connectivity index (χ3n) is 6.52. The van der Waals surface area contributed by atoms with Gasteiger partial charge in [-0.25, -0.2) is 0 Å². The van der Waals surface area contributed by atoms with Gasteiger partial charge in [0, 0.05) is 41.1 Å². The number of rotatable bonds is 4. The highest BCUT2D eigenvalue weighted by Crippen LogP contribution is 2.45. The molecule has 3 atom stereocenters. The second kappa shape index (κ2) is 8.94. The highest BCUT2D eigenvalue weighted by molar-refractivity contribution is 5.89. The number of hydrogen-bond donors (Lipinski definition) is 3. The summed E-state index contributed by atoms with van der Waals surface area (Å²) < 4.78 is 2.41. The van der Waals surface area contributed by atoms with Gasteiger partial charge in [0.15, 0.2) is 0 Å². The van der Waals surface area contributed by atoms with Crippen LogP contribution in [0.25, 0.3) is 10.9 Å². The standard InChI is InChI=1S/C20H27N3O.C4H6O4/c1-20(2,3)23-11-12-9-17-15(8-13(19(21)24)10-22(17)4)14-6-5-7-16(23)18(12)14;5-3(6)1-2-4(7)8/h5-7,11,13,15,17H,8-10H2,1-4H3,(H2,21,24);1-2H2,(H,5,6)(H,7,8)/t13?,15-,17-;/m1./s1. The number of fused-ring (bicyclic) bond motifs is 2. The Balaban J connectivity index is 0.000000312. The minimum atomic E-state index is -1.08. The molecule has 32 heavy (non-hydrogen) atoms. The summed E-state index contributed by atoms with van der Waals surface area (Å²) in [4.78, 5) is 33.4. The van der Waals surface area contributed by atoms with E-state index in [1.54, 1.807) is 0 Å². The number of hydrogen-bond acceptors (Lipinski definition) is 4. The van der Waals surface area contributed by atoms with Crippen LogP contribution in [0, 0.1) is 5.92 Å². The van der Waals surface area contributed by atoms with E-state index in [0.29, 0.717) is 12.0 Å². The lowest BCUT2D eigenvalue weighted by Gasteiger charge is -2.44. The third-order valence-corrected chi connectivity index (χ3v) is 6.52. The smallest absolute Gasteiger partial charge is 0.303 e. The van der Waals surface area contributed by atoms with Gasteiger partial charge < -0.3 is 25.4 Å². The highest BCUT2D eigenvalue weighted by Gasteiger charge is 2.41. The number of amides is 1. The quantitative estimate of drug-likeness (QED) is 0.667. The van der Waals surface area contributed by atoms with E-state index in [-0.39, 0.29) is 30.2 Å². The van der Waals surface area contributed by atoms with E-state index in [9.17, 15) is 14.4 Å². The van der Waals surface area contributed by atoms with Crippen molar-refractivity contribution >= 4 is 28.7 Å². The van der Waals surface area contributed by atoms with Gasteiger partial charge in [-0.15, -0.1) is 0 Å². The van der Waals surface area contributed by atoms with Crippen LogP contribution in [0.4, 0.5) is 0 Å². The molecule has 0 saturated carbocycles. The Morgan fingerprint density at radius 3 is 2.28 bits per heavy atom. The van der Waals surface area contributed by atoms with Crippen molar-refractivity contribution in [2.24, 2.45) is 11.7 Å². The number of nitrogens with zero attached hydrogens (tertiary/aromatic N) is 2. The number of aliphatic carboxylic acids is 2. The summed E-state index contributed by atoms with van der Waals surface area (Å²) in [5, 5.41) is 17.2. The van der Waals surface area contributed by atoms with E-state index in [0.717, 1.165) is 19.4 Å². The summed E-state index contributed by atoms with van der Waals surface area (Å²) in [7, 11) is 2.14. The summed E-state index contributed by atoms with van der Waals surface area (Å²) in [5.74, 6) is -1.96. The van der Waals surface area contributed by atoms with Crippen LogP contribution in [0.3, 0.4) is 0 Å². The average molecular weight is 444 g/mol. The molecule has 8 nitrogen and oxygen atoms in total. The molecule has 1 aromatic heterocycles. The number of likely N-dealkylation sites (tertiary alicyclic amines) is 1. The van der Waals surface area contributed by atoms with E-state index in [2.05, 4.69) is 61.7 Å². The second-order valence-electron chi connectivity index (χ2n) is 9.88. The van der Waals surface area contributed by atoms with Gasteiger partial charge in [-0.05, 0) is 57.9 Å². The average Bonchev–Trinajstić information content (AvgIpc) is 3.08. The van der Waals surface area contributed by atoms with E-state index < -0.39 is 11.9 Å². The molecule has 1 unspecified atom stereocenters. The minimum Gasteiger partial charge on any atom is -0.481 e. The number of benzene rings is 1. The molecule has 2 aliphatic rings. The number of carboxylic acids is 2. The molecule has 4 rings (SSSR count). The number of carbonyl (C=O) groups is 3. The zero-order valence-corrected chi connectivity index (χ0v) is 19.2. The Hall–Kier alpha value is -2.87. The van der Waals surface area contributed by atoms with Crippen LogP contribution in [0.15, 0.2) is 24.4 Å². The fraction of sp³-hybridized carbons (Fsp3) is 0.542. The summed E-state index contributed by atoms with van der Waals surface area (Å²) in [6, 6.07) is 7.12. The molecule has 1 aromatic carbocycles. The van der Waals surface area contributed by atoms with Crippen molar-refractivity contribution in [1.82, 2.24) is 9.47 Å². The number of nitrogens with two attached hydrogens (primary N) is 1. The number of piperidine rings is 1. The van der Waals surface area contributed by atoms with E-state index >= 15 is 0 Å². The van der Waals surface area contributed by atoms with Gasteiger partial charge in [0.1, 0.15) is 0 Å².